The van der Waals surface area contributed by atoms with Crippen molar-refractivity contribution in [3.05, 3.63) is 24.4 Å². The predicted octanol–water partition coefficient (Wildman–Crippen LogP) is 2.26. The summed E-state index contributed by atoms with van der Waals surface area (Å²) in [5.41, 5.74) is 0. The number of rotatable bonds is 3. The first-order chi connectivity index (χ1) is 11.8. The number of pyridine rings is 1. The average molecular weight is 332 g/mol. The van der Waals surface area contributed by atoms with Gasteiger partial charge in [-0.2, -0.15) is 0 Å². The van der Waals surface area contributed by atoms with E-state index in [0.29, 0.717) is 0 Å². The highest BCUT2D eigenvalue weighted by atomic mass is 16.5. The Morgan fingerprint density at radius 2 is 2.04 bits per heavy atom. The minimum atomic E-state index is 0.0480. The Hall–Kier alpha value is -1.82. The standard InChI is InChI=1S/C18H28N4O2/c1-24-16-8-3-2-7-15(16)20-18(23)22-12-6-11-21(13-14-22)17-9-4-5-10-19-17/h4-5,9-10,15-16H,2-3,6-8,11-14H2,1H3,(H,20,23)/t15-,16-/m1/s1. The van der Waals surface area contributed by atoms with Crippen LogP contribution in [0.1, 0.15) is 32.1 Å². The van der Waals surface area contributed by atoms with Crippen LogP contribution in [0.3, 0.4) is 0 Å². The summed E-state index contributed by atoms with van der Waals surface area (Å²) in [5, 5.41) is 3.20. The van der Waals surface area contributed by atoms with E-state index in [-0.39, 0.29) is 18.2 Å². The summed E-state index contributed by atoms with van der Waals surface area (Å²) in [6.07, 6.45) is 7.33. The molecule has 1 aromatic rings. The third-order valence-corrected chi connectivity index (χ3v) is 5.07. The lowest BCUT2D eigenvalue weighted by Gasteiger charge is -2.33. The molecule has 2 amide bonds. The maximum absolute atomic E-state index is 12.6. The number of nitrogens with zero attached hydrogens (tertiary/aromatic N) is 3. The van der Waals surface area contributed by atoms with Gasteiger partial charge in [-0.1, -0.05) is 18.9 Å². The van der Waals surface area contributed by atoms with Gasteiger partial charge in [-0.15, -0.1) is 0 Å². The molecule has 2 atom stereocenters. The van der Waals surface area contributed by atoms with Crippen molar-refractivity contribution in [3.63, 3.8) is 0 Å². The number of urea groups is 1. The van der Waals surface area contributed by atoms with Crippen LogP contribution >= 0.6 is 0 Å². The summed E-state index contributed by atoms with van der Waals surface area (Å²) in [7, 11) is 1.74. The molecule has 6 nitrogen and oxygen atoms in total. The molecule has 6 heteroatoms. The van der Waals surface area contributed by atoms with E-state index in [2.05, 4.69) is 15.2 Å². The van der Waals surface area contributed by atoms with Crippen molar-refractivity contribution in [2.75, 3.05) is 38.2 Å². The van der Waals surface area contributed by atoms with Gasteiger partial charge in [0.05, 0.1) is 12.1 Å². The number of carbonyl (C=O) groups is 1. The smallest absolute Gasteiger partial charge is 0.317 e. The van der Waals surface area contributed by atoms with E-state index in [4.69, 9.17) is 4.74 Å². The van der Waals surface area contributed by atoms with Gasteiger partial charge < -0.3 is 19.9 Å². The molecule has 0 spiro atoms. The number of methoxy groups -OCH3 is 1. The molecular weight excluding hydrogens is 304 g/mol. The number of hydrogen-bond donors (Lipinski definition) is 1. The van der Waals surface area contributed by atoms with Gasteiger partial charge in [0.25, 0.3) is 0 Å². The SMILES string of the molecule is CO[C@@H]1CCCC[C@H]1NC(=O)N1CCCN(c2ccccn2)CC1. The molecule has 24 heavy (non-hydrogen) atoms. The largest absolute Gasteiger partial charge is 0.379 e. The van der Waals surface area contributed by atoms with Crippen LogP contribution in [-0.4, -0.2) is 61.3 Å². The minimum absolute atomic E-state index is 0.0480. The number of anilines is 1. The van der Waals surface area contributed by atoms with Gasteiger partial charge in [0.15, 0.2) is 0 Å². The molecule has 2 fully saturated rings. The molecule has 132 valence electrons. The van der Waals surface area contributed by atoms with Crippen LogP contribution in [-0.2, 0) is 4.74 Å². The van der Waals surface area contributed by atoms with Gasteiger partial charge in [0, 0.05) is 39.5 Å². The molecule has 1 N–H and O–H groups in total. The maximum atomic E-state index is 12.6. The molecule has 3 rings (SSSR count). The lowest BCUT2D eigenvalue weighted by molar-refractivity contribution is 0.0432. The van der Waals surface area contributed by atoms with Gasteiger partial charge in [-0.25, -0.2) is 9.78 Å². The Kier molecular flexibility index (Phi) is 5.91. The van der Waals surface area contributed by atoms with Crippen molar-refractivity contribution in [3.8, 4) is 0 Å². The van der Waals surface area contributed by atoms with Crippen LogP contribution in [0.15, 0.2) is 24.4 Å². The van der Waals surface area contributed by atoms with Crippen LogP contribution < -0.4 is 10.2 Å². The molecule has 1 saturated heterocycles. The summed E-state index contributed by atoms with van der Waals surface area (Å²) < 4.78 is 5.54. The fourth-order valence-corrected chi connectivity index (χ4v) is 3.68. The molecule has 0 bridgehead atoms. The molecule has 1 aliphatic heterocycles. The van der Waals surface area contributed by atoms with Crippen LogP contribution in [0.4, 0.5) is 10.6 Å². The maximum Gasteiger partial charge on any atom is 0.317 e. The number of ether oxygens (including phenoxy) is 1. The van der Waals surface area contributed by atoms with E-state index in [1.165, 1.54) is 6.42 Å². The molecule has 0 aromatic carbocycles. The number of hydrogen-bond acceptors (Lipinski definition) is 4. The van der Waals surface area contributed by atoms with Crippen LogP contribution in [0.25, 0.3) is 0 Å². The van der Waals surface area contributed by atoms with E-state index in [1.54, 1.807) is 7.11 Å². The molecular formula is C18H28N4O2. The first kappa shape index (κ1) is 17.0. The summed E-state index contributed by atoms with van der Waals surface area (Å²) >= 11 is 0. The lowest BCUT2D eigenvalue weighted by Crippen LogP contribution is -2.51. The Morgan fingerprint density at radius 3 is 2.83 bits per heavy atom. The molecule has 2 heterocycles. The summed E-state index contributed by atoms with van der Waals surface area (Å²) in [6, 6.07) is 6.16. The average Bonchev–Trinajstić information content (AvgIpc) is 2.89. The molecule has 0 radical (unpaired) electrons. The third kappa shape index (κ3) is 4.17. The van der Waals surface area contributed by atoms with E-state index < -0.39 is 0 Å². The highest BCUT2D eigenvalue weighted by Gasteiger charge is 2.28. The highest BCUT2D eigenvalue weighted by molar-refractivity contribution is 5.74. The number of aromatic nitrogens is 1. The summed E-state index contributed by atoms with van der Waals surface area (Å²) in [5.74, 6) is 0.992. The fraction of sp³-hybridized carbons (Fsp3) is 0.667. The zero-order chi connectivity index (χ0) is 16.8. The number of amides is 2. The predicted molar refractivity (Wildman–Crippen MR) is 94.2 cm³/mol. The van der Waals surface area contributed by atoms with Crippen molar-refractivity contribution >= 4 is 11.8 Å². The van der Waals surface area contributed by atoms with Gasteiger partial charge in [0.2, 0.25) is 0 Å². The molecule has 1 aliphatic carbocycles. The van der Waals surface area contributed by atoms with Crippen molar-refractivity contribution in [1.82, 2.24) is 15.2 Å². The molecule has 0 unspecified atom stereocenters. The second-order valence-electron chi connectivity index (χ2n) is 6.63. The second-order valence-corrected chi connectivity index (χ2v) is 6.63. The summed E-state index contributed by atoms with van der Waals surface area (Å²) in [6.45, 7) is 3.28. The zero-order valence-electron chi connectivity index (χ0n) is 14.5. The van der Waals surface area contributed by atoms with Crippen LogP contribution in [0.2, 0.25) is 0 Å². The van der Waals surface area contributed by atoms with Crippen molar-refractivity contribution < 1.29 is 9.53 Å². The van der Waals surface area contributed by atoms with Crippen molar-refractivity contribution in [2.24, 2.45) is 0 Å². The lowest BCUT2D eigenvalue weighted by atomic mass is 9.92. The van der Waals surface area contributed by atoms with Crippen molar-refractivity contribution in [2.45, 2.75) is 44.2 Å². The normalized spacial score (nSPS) is 25.2. The minimum Gasteiger partial charge on any atom is -0.379 e. The van der Waals surface area contributed by atoms with Gasteiger partial charge >= 0.3 is 6.03 Å². The number of carbonyl (C=O) groups excluding carboxylic acids is 1. The molecule has 2 aliphatic rings. The molecule has 1 aromatic heterocycles. The Morgan fingerprint density at radius 1 is 1.17 bits per heavy atom. The van der Waals surface area contributed by atoms with Crippen LogP contribution in [0, 0.1) is 0 Å². The van der Waals surface area contributed by atoms with Gasteiger partial charge in [-0.3, -0.25) is 0 Å². The Balaban J connectivity index is 1.54. The van der Waals surface area contributed by atoms with Crippen molar-refractivity contribution in [1.29, 1.82) is 0 Å². The first-order valence-electron chi connectivity index (χ1n) is 9.02. The monoisotopic (exact) mass is 332 g/mol. The van der Waals surface area contributed by atoms with E-state index in [0.717, 1.165) is 57.7 Å². The van der Waals surface area contributed by atoms with E-state index in [1.807, 2.05) is 29.3 Å². The highest BCUT2D eigenvalue weighted by Crippen LogP contribution is 2.21. The quantitative estimate of drug-likeness (QED) is 0.922. The fourth-order valence-electron chi connectivity index (χ4n) is 3.68. The van der Waals surface area contributed by atoms with E-state index >= 15 is 0 Å². The number of nitrogens with one attached hydrogen (secondary N) is 1. The third-order valence-electron chi connectivity index (χ3n) is 5.07. The molecule has 1 saturated carbocycles. The summed E-state index contributed by atoms with van der Waals surface area (Å²) in [4.78, 5) is 21.3. The first-order valence-corrected chi connectivity index (χ1v) is 9.02. The van der Waals surface area contributed by atoms with E-state index in [9.17, 15) is 4.79 Å². The van der Waals surface area contributed by atoms with Crippen LogP contribution in [0.5, 0.6) is 0 Å². The topological polar surface area (TPSA) is 57.7 Å². The Labute approximate surface area is 144 Å². The second kappa shape index (κ2) is 8.33. The van der Waals surface area contributed by atoms with Gasteiger partial charge in [0.1, 0.15) is 5.82 Å². The Bertz CT molecular complexity index is 525. The zero-order valence-corrected chi connectivity index (χ0v) is 14.5. The van der Waals surface area contributed by atoms with Gasteiger partial charge in [-0.05, 0) is 31.4 Å².